The third-order valence-corrected chi connectivity index (χ3v) is 3.56. The number of rotatable bonds is 2. The van der Waals surface area contributed by atoms with Crippen LogP contribution in [0.2, 0.25) is 0 Å². The lowest BCUT2D eigenvalue weighted by Crippen LogP contribution is -2.31. The fourth-order valence-electron chi connectivity index (χ4n) is 1.83. The molecule has 1 amide bonds. The Hall–Kier alpha value is -1.28. The van der Waals surface area contributed by atoms with Gasteiger partial charge in [0.1, 0.15) is 5.50 Å². The third-order valence-electron chi connectivity index (χ3n) is 3.00. The number of carbonyl (C=O) groups is 1. The first-order chi connectivity index (χ1) is 7.61. The van der Waals surface area contributed by atoms with E-state index in [0.717, 1.165) is 16.7 Å². The van der Waals surface area contributed by atoms with Crippen LogP contribution in [-0.4, -0.2) is 16.3 Å². The van der Waals surface area contributed by atoms with E-state index in [0.29, 0.717) is 6.54 Å². The molecule has 16 heavy (non-hydrogen) atoms. The van der Waals surface area contributed by atoms with Crippen LogP contribution in [0.5, 0.6) is 0 Å². The van der Waals surface area contributed by atoms with Gasteiger partial charge < -0.3 is 4.90 Å². The number of hydrogen-bond acceptors (Lipinski definition) is 1. The first-order valence-electron chi connectivity index (χ1n) is 5.27. The van der Waals surface area contributed by atoms with Crippen LogP contribution in [0, 0.1) is 0 Å². The van der Waals surface area contributed by atoms with Crippen molar-refractivity contribution in [3.8, 4) is 0 Å². The molecule has 3 heteroatoms. The minimum Gasteiger partial charge on any atom is -0.314 e. The Labute approximate surface area is 101 Å². The predicted octanol–water partition coefficient (Wildman–Crippen LogP) is 2.93. The van der Waals surface area contributed by atoms with Crippen molar-refractivity contribution in [1.29, 1.82) is 0 Å². The van der Waals surface area contributed by atoms with Gasteiger partial charge in [0.15, 0.2) is 0 Å². The van der Waals surface area contributed by atoms with Crippen molar-refractivity contribution in [2.45, 2.75) is 25.9 Å². The van der Waals surface area contributed by atoms with E-state index in [1.165, 1.54) is 0 Å². The van der Waals surface area contributed by atoms with Gasteiger partial charge >= 0.3 is 0 Å². The minimum atomic E-state index is -0.298. The average molecular weight is 236 g/mol. The van der Waals surface area contributed by atoms with Gasteiger partial charge in [0.05, 0.1) is 0 Å². The molecule has 0 spiro atoms. The normalized spacial score (nSPS) is 20.8. The van der Waals surface area contributed by atoms with Crippen LogP contribution in [0.1, 0.15) is 19.4 Å². The van der Waals surface area contributed by atoms with Crippen LogP contribution in [0.15, 0.2) is 41.5 Å². The molecule has 1 unspecified atom stereocenters. The standard InChI is InChI=1S/C13H14ClNO/c1-9-10(2)13(16)15(12(9)14)8-11-6-4-3-5-7-11/h3-7,12H,8H2,1-2H3. The molecular formula is C13H14ClNO. The molecule has 1 aliphatic heterocycles. The smallest absolute Gasteiger partial charge is 0.251 e. The van der Waals surface area contributed by atoms with Gasteiger partial charge in [-0.05, 0) is 25.0 Å². The summed E-state index contributed by atoms with van der Waals surface area (Å²) < 4.78 is 0. The summed E-state index contributed by atoms with van der Waals surface area (Å²) in [5.74, 6) is 0.0429. The quantitative estimate of drug-likeness (QED) is 0.570. The molecule has 0 aliphatic carbocycles. The molecule has 1 aromatic rings. The Morgan fingerprint density at radius 2 is 1.88 bits per heavy atom. The van der Waals surface area contributed by atoms with Crippen LogP contribution in [0.4, 0.5) is 0 Å². The van der Waals surface area contributed by atoms with E-state index < -0.39 is 0 Å². The molecule has 84 valence electrons. The summed E-state index contributed by atoms with van der Waals surface area (Å²) in [6, 6.07) is 9.89. The van der Waals surface area contributed by atoms with Crippen LogP contribution >= 0.6 is 11.6 Å². The molecule has 1 aliphatic rings. The predicted molar refractivity (Wildman–Crippen MR) is 65.0 cm³/mol. The molecule has 0 saturated heterocycles. The summed E-state index contributed by atoms with van der Waals surface area (Å²) in [6.45, 7) is 4.32. The number of carbonyl (C=O) groups excluding carboxylic acids is 1. The highest BCUT2D eigenvalue weighted by Crippen LogP contribution is 2.29. The molecule has 0 N–H and O–H groups in total. The summed E-state index contributed by atoms with van der Waals surface area (Å²) in [4.78, 5) is 13.6. The maximum Gasteiger partial charge on any atom is 0.251 e. The zero-order valence-electron chi connectivity index (χ0n) is 9.40. The number of hydrogen-bond donors (Lipinski definition) is 0. The van der Waals surface area contributed by atoms with Crippen molar-refractivity contribution < 1.29 is 4.79 Å². The Kier molecular flexibility index (Phi) is 3.01. The van der Waals surface area contributed by atoms with E-state index in [-0.39, 0.29) is 11.4 Å². The van der Waals surface area contributed by atoms with Gasteiger partial charge in [0.2, 0.25) is 0 Å². The highest BCUT2D eigenvalue weighted by molar-refractivity contribution is 6.25. The number of nitrogens with zero attached hydrogens (tertiary/aromatic N) is 1. The second-order valence-corrected chi connectivity index (χ2v) is 4.48. The van der Waals surface area contributed by atoms with Crippen LogP contribution in [0.3, 0.4) is 0 Å². The molecule has 0 bridgehead atoms. The molecule has 1 aromatic carbocycles. The maximum atomic E-state index is 11.9. The summed E-state index contributed by atoms with van der Waals surface area (Å²) in [6.07, 6.45) is 0. The van der Waals surface area contributed by atoms with Gasteiger partial charge in [0, 0.05) is 12.1 Å². The van der Waals surface area contributed by atoms with Gasteiger partial charge in [0.25, 0.3) is 5.91 Å². The lowest BCUT2D eigenvalue weighted by molar-refractivity contribution is -0.126. The molecule has 0 saturated carbocycles. The molecular weight excluding hydrogens is 222 g/mol. The van der Waals surface area contributed by atoms with Crippen molar-refractivity contribution in [2.75, 3.05) is 0 Å². The zero-order valence-corrected chi connectivity index (χ0v) is 10.2. The number of benzene rings is 1. The Balaban J connectivity index is 2.17. The third kappa shape index (κ3) is 1.85. The van der Waals surface area contributed by atoms with E-state index in [9.17, 15) is 4.79 Å². The molecule has 0 aromatic heterocycles. The van der Waals surface area contributed by atoms with E-state index in [2.05, 4.69) is 0 Å². The summed E-state index contributed by atoms with van der Waals surface area (Å²) in [7, 11) is 0. The first kappa shape index (κ1) is 11.2. The Bertz CT molecular complexity index is 439. The topological polar surface area (TPSA) is 20.3 Å². The van der Waals surface area contributed by atoms with Gasteiger partial charge in [-0.15, -0.1) is 0 Å². The molecule has 0 radical (unpaired) electrons. The van der Waals surface area contributed by atoms with Gasteiger partial charge in [-0.1, -0.05) is 41.9 Å². The highest BCUT2D eigenvalue weighted by Gasteiger charge is 2.32. The Morgan fingerprint density at radius 1 is 1.25 bits per heavy atom. The highest BCUT2D eigenvalue weighted by atomic mass is 35.5. The fraction of sp³-hybridized carbons (Fsp3) is 0.308. The van der Waals surface area contributed by atoms with Crippen molar-refractivity contribution in [2.24, 2.45) is 0 Å². The summed E-state index contributed by atoms with van der Waals surface area (Å²) in [5, 5.41) is 0. The summed E-state index contributed by atoms with van der Waals surface area (Å²) >= 11 is 6.22. The largest absolute Gasteiger partial charge is 0.314 e. The van der Waals surface area contributed by atoms with E-state index in [1.54, 1.807) is 4.90 Å². The van der Waals surface area contributed by atoms with Gasteiger partial charge in [-0.25, -0.2) is 0 Å². The van der Waals surface area contributed by atoms with Gasteiger partial charge in [-0.2, -0.15) is 0 Å². The Morgan fingerprint density at radius 3 is 2.38 bits per heavy atom. The average Bonchev–Trinajstić information content (AvgIpc) is 2.48. The zero-order chi connectivity index (χ0) is 11.7. The van der Waals surface area contributed by atoms with E-state index in [1.807, 2.05) is 44.2 Å². The molecule has 2 nitrogen and oxygen atoms in total. The maximum absolute atomic E-state index is 11.9. The van der Waals surface area contributed by atoms with Crippen molar-refractivity contribution >= 4 is 17.5 Å². The first-order valence-corrected chi connectivity index (χ1v) is 5.71. The molecule has 1 atom stereocenters. The van der Waals surface area contributed by atoms with Gasteiger partial charge in [-0.3, -0.25) is 4.79 Å². The van der Waals surface area contributed by atoms with Crippen LogP contribution in [0.25, 0.3) is 0 Å². The minimum absolute atomic E-state index is 0.0429. The van der Waals surface area contributed by atoms with Crippen molar-refractivity contribution in [1.82, 2.24) is 4.90 Å². The van der Waals surface area contributed by atoms with Crippen LogP contribution in [-0.2, 0) is 11.3 Å². The van der Waals surface area contributed by atoms with Crippen molar-refractivity contribution in [3.63, 3.8) is 0 Å². The SMILES string of the molecule is CC1=C(C)C(Cl)N(Cc2ccccc2)C1=O. The second-order valence-electron chi connectivity index (χ2n) is 4.06. The summed E-state index contributed by atoms with van der Waals surface area (Å²) in [5.41, 5.74) is 2.54. The number of alkyl halides is 1. The second kappa shape index (κ2) is 4.30. The van der Waals surface area contributed by atoms with Crippen molar-refractivity contribution in [3.05, 3.63) is 47.0 Å². The monoisotopic (exact) mass is 235 g/mol. The van der Waals surface area contributed by atoms with E-state index in [4.69, 9.17) is 11.6 Å². The molecule has 1 heterocycles. The van der Waals surface area contributed by atoms with E-state index >= 15 is 0 Å². The molecule has 0 fully saturated rings. The lowest BCUT2D eigenvalue weighted by Gasteiger charge is -2.21. The number of amides is 1. The van der Waals surface area contributed by atoms with Crippen LogP contribution < -0.4 is 0 Å². The fourth-order valence-corrected chi connectivity index (χ4v) is 2.15. The number of halogens is 1. The lowest BCUT2D eigenvalue weighted by atomic mass is 10.2. The molecule has 2 rings (SSSR count).